The summed E-state index contributed by atoms with van der Waals surface area (Å²) in [4.78, 5) is 0.104. The van der Waals surface area contributed by atoms with E-state index in [1.54, 1.807) is 36.4 Å². The molecule has 0 aliphatic rings. The molecule has 3 aromatic carbocycles. The van der Waals surface area contributed by atoms with E-state index in [0.717, 1.165) is 10.0 Å². The van der Waals surface area contributed by atoms with Crippen molar-refractivity contribution in [3.8, 4) is 22.9 Å². The maximum Gasteiger partial charge on any atom is 0.261 e. The van der Waals surface area contributed by atoms with Crippen LogP contribution in [0.3, 0.4) is 0 Å². The molecule has 6 nitrogen and oxygen atoms in total. The minimum Gasteiger partial charge on any atom is -0.416 e. The Morgan fingerprint density at radius 1 is 0.786 bits per heavy atom. The molecule has 1 heterocycles. The van der Waals surface area contributed by atoms with Gasteiger partial charge in [-0.25, -0.2) is 8.42 Å². The maximum absolute atomic E-state index is 12.7. The quantitative estimate of drug-likeness (QED) is 0.459. The highest BCUT2D eigenvalue weighted by Crippen LogP contribution is 2.26. The zero-order valence-corrected chi connectivity index (χ0v) is 16.8. The van der Waals surface area contributed by atoms with Crippen molar-refractivity contribution >= 4 is 31.6 Å². The first-order chi connectivity index (χ1) is 13.5. The van der Waals surface area contributed by atoms with Crippen molar-refractivity contribution in [2.75, 3.05) is 4.72 Å². The van der Waals surface area contributed by atoms with E-state index in [-0.39, 0.29) is 10.8 Å². The Morgan fingerprint density at radius 3 is 2.14 bits per heavy atom. The van der Waals surface area contributed by atoms with Gasteiger partial charge in [0.1, 0.15) is 0 Å². The molecule has 4 rings (SSSR count). The monoisotopic (exact) mass is 455 g/mol. The molecule has 0 unspecified atom stereocenters. The first-order valence-electron chi connectivity index (χ1n) is 8.29. The van der Waals surface area contributed by atoms with Crippen LogP contribution in [0.15, 0.2) is 92.6 Å². The van der Waals surface area contributed by atoms with Crippen LogP contribution in [0.5, 0.6) is 0 Å². The molecule has 8 heteroatoms. The second-order valence-electron chi connectivity index (χ2n) is 5.92. The van der Waals surface area contributed by atoms with E-state index in [2.05, 4.69) is 30.8 Å². The normalized spacial score (nSPS) is 11.3. The molecule has 0 radical (unpaired) electrons. The van der Waals surface area contributed by atoms with Crippen LogP contribution in [0.2, 0.25) is 0 Å². The molecule has 0 bridgehead atoms. The van der Waals surface area contributed by atoms with Gasteiger partial charge in [-0.3, -0.25) is 4.72 Å². The van der Waals surface area contributed by atoms with E-state index in [1.165, 1.54) is 12.1 Å². The van der Waals surface area contributed by atoms with Gasteiger partial charge >= 0.3 is 0 Å². The largest absolute Gasteiger partial charge is 0.416 e. The molecule has 1 aromatic heterocycles. The molecule has 0 fully saturated rings. The third-order valence-electron chi connectivity index (χ3n) is 3.93. The third-order valence-corrected chi connectivity index (χ3v) is 5.84. The number of aromatic nitrogens is 2. The van der Waals surface area contributed by atoms with Gasteiger partial charge in [0.2, 0.25) is 11.8 Å². The number of nitrogens with zero attached hydrogens (tertiary/aromatic N) is 2. The summed E-state index contributed by atoms with van der Waals surface area (Å²) in [6.07, 6.45) is 0. The average Bonchev–Trinajstić information content (AvgIpc) is 3.21. The maximum atomic E-state index is 12.7. The fourth-order valence-electron chi connectivity index (χ4n) is 2.57. The summed E-state index contributed by atoms with van der Waals surface area (Å²) in [5, 5.41) is 8.09. The van der Waals surface area contributed by atoms with Gasteiger partial charge in [-0.1, -0.05) is 40.2 Å². The van der Waals surface area contributed by atoms with Crippen molar-refractivity contribution in [1.82, 2.24) is 10.2 Å². The van der Waals surface area contributed by atoms with Crippen molar-refractivity contribution in [3.63, 3.8) is 0 Å². The van der Waals surface area contributed by atoms with Crippen LogP contribution in [0, 0.1) is 0 Å². The number of nitrogens with one attached hydrogen (secondary N) is 1. The zero-order valence-electron chi connectivity index (χ0n) is 14.4. The van der Waals surface area contributed by atoms with Gasteiger partial charge in [0.15, 0.2) is 0 Å². The Morgan fingerprint density at radius 2 is 1.43 bits per heavy atom. The van der Waals surface area contributed by atoms with Crippen molar-refractivity contribution < 1.29 is 12.8 Å². The summed E-state index contributed by atoms with van der Waals surface area (Å²) in [6.45, 7) is 0. The molecule has 0 aliphatic carbocycles. The second-order valence-corrected chi connectivity index (χ2v) is 8.52. The Labute approximate surface area is 170 Å². The molecule has 0 spiro atoms. The lowest BCUT2D eigenvalue weighted by atomic mass is 10.2. The van der Waals surface area contributed by atoms with Gasteiger partial charge in [0, 0.05) is 21.3 Å². The fourth-order valence-corrected chi connectivity index (χ4v) is 3.93. The molecule has 4 aromatic rings. The van der Waals surface area contributed by atoms with Gasteiger partial charge in [0.25, 0.3) is 10.0 Å². The molecular formula is C20H14BrN3O3S. The van der Waals surface area contributed by atoms with Crippen molar-refractivity contribution in [3.05, 3.63) is 83.3 Å². The van der Waals surface area contributed by atoms with E-state index in [0.29, 0.717) is 17.1 Å². The van der Waals surface area contributed by atoms with Crippen molar-refractivity contribution in [2.45, 2.75) is 4.90 Å². The van der Waals surface area contributed by atoms with E-state index in [9.17, 15) is 8.42 Å². The summed E-state index contributed by atoms with van der Waals surface area (Å²) in [5.41, 5.74) is 1.79. The number of halogens is 1. The first-order valence-corrected chi connectivity index (χ1v) is 10.6. The zero-order chi connectivity index (χ0) is 19.6. The highest BCUT2D eigenvalue weighted by atomic mass is 79.9. The lowest BCUT2D eigenvalue weighted by Crippen LogP contribution is -2.12. The summed E-state index contributed by atoms with van der Waals surface area (Å²) < 4.78 is 34.5. The predicted molar refractivity (Wildman–Crippen MR) is 110 cm³/mol. The van der Waals surface area contributed by atoms with Crippen LogP contribution < -0.4 is 4.72 Å². The number of sulfonamides is 1. The molecule has 1 N–H and O–H groups in total. The van der Waals surface area contributed by atoms with Crippen LogP contribution in [0.1, 0.15) is 0 Å². The van der Waals surface area contributed by atoms with Crippen LogP contribution in [0.25, 0.3) is 22.9 Å². The molecular weight excluding hydrogens is 442 g/mol. The molecule has 0 saturated carbocycles. The molecule has 0 saturated heterocycles. The van der Waals surface area contributed by atoms with E-state index in [1.807, 2.05) is 30.3 Å². The predicted octanol–water partition coefficient (Wildman–Crippen LogP) is 4.97. The second kappa shape index (κ2) is 7.57. The summed E-state index contributed by atoms with van der Waals surface area (Å²) in [7, 11) is -3.76. The summed E-state index contributed by atoms with van der Waals surface area (Å²) >= 11 is 3.32. The Balaban J connectivity index is 1.63. The number of hydrogen-bond donors (Lipinski definition) is 1. The van der Waals surface area contributed by atoms with Gasteiger partial charge in [0.05, 0.1) is 4.90 Å². The Hall–Kier alpha value is -2.97. The molecule has 0 atom stereocenters. The van der Waals surface area contributed by atoms with E-state index in [4.69, 9.17) is 4.42 Å². The average molecular weight is 456 g/mol. The highest BCUT2D eigenvalue weighted by molar-refractivity contribution is 9.10. The van der Waals surface area contributed by atoms with Crippen LogP contribution in [-0.2, 0) is 10.0 Å². The van der Waals surface area contributed by atoms with Gasteiger partial charge < -0.3 is 4.42 Å². The Bertz CT molecular complexity index is 1210. The summed E-state index contributed by atoms with van der Waals surface area (Å²) in [5.74, 6) is 0.622. The topological polar surface area (TPSA) is 85.1 Å². The smallest absolute Gasteiger partial charge is 0.261 e. The lowest BCUT2D eigenvalue weighted by molar-refractivity contribution is 0.584. The van der Waals surface area contributed by atoms with Gasteiger partial charge in [-0.05, 0) is 54.6 Å². The van der Waals surface area contributed by atoms with Crippen molar-refractivity contribution in [2.24, 2.45) is 0 Å². The fraction of sp³-hybridized carbons (Fsp3) is 0. The lowest BCUT2D eigenvalue weighted by Gasteiger charge is -2.08. The Kier molecular flexibility index (Phi) is 4.97. The van der Waals surface area contributed by atoms with Gasteiger partial charge in [-0.15, -0.1) is 10.2 Å². The van der Waals surface area contributed by atoms with Crippen LogP contribution >= 0.6 is 15.9 Å². The summed E-state index contributed by atoms with van der Waals surface area (Å²) in [6, 6.07) is 22.6. The van der Waals surface area contributed by atoms with E-state index >= 15 is 0 Å². The number of rotatable bonds is 5. The molecule has 140 valence electrons. The van der Waals surface area contributed by atoms with E-state index < -0.39 is 10.0 Å². The number of hydrogen-bond acceptors (Lipinski definition) is 5. The minimum atomic E-state index is -3.76. The standard InChI is InChI=1S/C20H14BrN3O3S/c21-16-9-11-17(12-10-16)24-28(25,26)18-8-4-7-15(13-18)20-23-22-19(27-20)14-5-2-1-3-6-14/h1-13,24H. The SMILES string of the molecule is O=S(=O)(Nc1ccc(Br)cc1)c1cccc(-c2nnc(-c3ccccc3)o2)c1. The highest BCUT2D eigenvalue weighted by Gasteiger charge is 2.17. The van der Waals surface area contributed by atoms with Crippen LogP contribution in [0.4, 0.5) is 5.69 Å². The number of benzene rings is 3. The molecule has 28 heavy (non-hydrogen) atoms. The molecule has 0 aliphatic heterocycles. The minimum absolute atomic E-state index is 0.104. The van der Waals surface area contributed by atoms with Gasteiger partial charge in [-0.2, -0.15) is 0 Å². The van der Waals surface area contributed by atoms with Crippen molar-refractivity contribution in [1.29, 1.82) is 0 Å². The first kappa shape index (κ1) is 18.4. The number of anilines is 1. The third kappa shape index (κ3) is 3.97. The molecule has 0 amide bonds. The van der Waals surface area contributed by atoms with Crippen LogP contribution in [-0.4, -0.2) is 18.6 Å².